The van der Waals surface area contributed by atoms with E-state index in [1.807, 2.05) is 63.0 Å². The molecule has 0 aliphatic carbocycles. The second kappa shape index (κ2) is 7.35. The number of hydrogen-bond donors (Lipinski definition) is 1. The van der Waals surface area contributed by atoms with Crippen LogP contribution in [0.25, 0.3) is 0 Å². The lowest BCUT2D eigenvalue weighted by Crippen LogP contribution is -2.18. The Kier molecular flexibility index (Phi) is 4.97. The highest BCUT2D eigenvalue weighted by atomic mass is 16.2. The van der Waals surface area contributed by atoms with Gasteiger partial charge in [0.1, 0.15) is 0 Å². The van der Waals surface area contributed by atoms with Crippen LogP contribution in [0.15, 0.2) is 41.6 Å². The summed E-state index contributed by atoms with van der Waals surface area (Å²) >= 11 is 0. The van der Waals surface area contributed by atoms with E-state index in [0.717, 1.165) is 28.2 Å². The van der Waals surface area contributed by atoms with Crippen molar-refractivity contribution in [3.8, 4) is 0 Å². The molecule has 1 aromatic carbocycles. The summed E-state index contributed by atoms with van der Waals surface area (Å²) in [5.41, 5.74) is 7.93. The van der Waals surface area contributed by atoms with E-state index in [9.17, 15) is 4.79 Å². The Balaban J connectivity index is 1.68. The van der Waals surface area contributed by atoms with Crippen molar-refractivity contribution < 1.29 is 4.79 Å². The number of rotatable bonds is 5. The predicted octanol–water partition coefficient (Wildman–Crippen LogP) is 2.35. The number of hydrazone groups is 1. The van der Waals surface area contributed by atoms with E-state index in [0.29, 0.717) is 12.1 Å². The standard InChI is InChI=1S/C19H22N6O/c1-13-8-14(2)25(22-13)11-16-6-5-7-17(9-16)19(26)21-20-10-18-12-24(4)23-15(18)3/h5-10,12H,11H2,1-4H3,(H,21,26). The Hall–Kier alpha value is -3.22. The molecule has 1 N–H and O–H groups in total. The van der Waals surface area contributed by atoms with Crippen molar-refractivity contribution in [2.24, 2.45) is 12.1 Å². The van der Waals surface area contributed by atoms with Crippen LogP contribution in [0.5, 0.6) is 0 Å². The van der Waals surface area contributed by atoms with Gasteiger partial charge in [-0.25, -0.2) is 5.43 Å². The van der Waals surface area contributed by atoms with E-state index >= 15 is 0 Å². The number of carbonyl (C=O) groups is 1. The molecule has 2 aromatic heterocycles. The lowest BCUT2D eigenvalue weighted by atomic mass is 10.1. The van der Waals surface area contributed by atoms with Crippen LogP contribution in [0.1, 0.15) is 38.6 Å². The Bertz CT molecular complexity index is 966. The van der Waals surface area contributed by atoms with Crippen LogP contribution in [-0.2, 0) is 13.6 Å². The van der Waals surface area contributed by atoms with Crippen molar-refractivity contribution in [3.63, 3.8) is 0 Å². The van der Waals surface area contributed by atoms with Crippen molar-refractivity contribution in [3.05, 3.63) is 70.3 Å². The first-order chi connectivity index (χ1) is 12.4. The second-order valence-electron chi connectivity index (χ2n) is 6.33. The fourth-order valence-corrected chi connectivity index (χ4v) is 2.79. The SMILES string of the molecule is Cc1cc(C)n(Cc2cccc(C(=O)NN=Cc3cn(C)nc3C)c2)n1. The number of aryl methyl sites for hydroxylation is 4. The van der Waals surface area contributed by atoms with E-state index in [4.69, 9.17) is 0 Å². The van der Waals surface area contributed by atoms with Crippen LogP contribution >= 0.6 is 0 Å². The summed E-state index contributed by atoms with van der Waals surface area (Å²) in [6, 6.07) is 9.51. The molecule has 0 unspecified atom stereocenters. The summed E-state index contributed by atoms with van der Waals surface area (Å²) in [5, 5.41) is 12.7. The van der Waals surface area contributed by atoms with Gasteiger partial charge >= 0.3 is 0 Å². The Morgan fingerprint density at radius 3 is 2.69 bits per heavy atom. The molecule has 0 radical (unpaired) electrons. The Morgan fingerprint density at radius 1 is 1.23 bits per heavy atom. The van der Waals surface area contributed by atoms with Crippen LogP contribution in [-0.4, -0.2) is 31.7 Å². The highest BCUT2D eigenvalue weighted by Crippen LogP contribution is 2.10. The summed E-state index contributed by atoms with van der Waals surface area (Å²) in [6.45, 7) is 6.51. The molecule has 7 heteroatoms. The molecule has 0 saturated heterocycles. The summed E-state index contributed by atoms with van der Waals surface area (Å²) < 4.78 is 3.64. The first-order valence-corrected chi connectivity index (χ1v) is 8.36. The largest absolute Gasteiger partial charge is 0.275 e. The molecule has 3 aromatic rings. The summed E-state index contributed by atoms with van der Waals surface area (Å²) in [6.07, 6.45) is 3.44. The molecule has 3 rings (SSSR count). The minimum Gasteiger partial charge on any atom is -0.275 e. The zero-order chi connectivity index (χ0) is 18.7. The van der Waals surface area contributed by atoms with Crippen molar-refractivity contribution in [1.82, 2.24) is 25.0 Å². The van der Waals surface area contributed by atoms with Crippen LogP contribution in [0.2, 0.25) is 0 Å². The highest BCUT2D eigenvalue weighted by molar-refractivity contribution is 5.95. The predicted molar refractivity (Wildman–Crippen MR) is 100 cm³/mol. The molecule has 0 saturated carbocycles. The molecule has 26 heavy (non-hydrogen) atoms. The fourth-order valence-electron chi connectivity index (χ4n) is 2.79. The quantitative estimate of drug-likeness (QED) is 0.567. The van der Waals surface area contributed by atoms with Crippen LogP contribution < -0.4 is 5.43 Å². The molecule has 7 nitrogen and oxygen atoms in total. The average Bonchev–Trinajstić information content (AvgIpc) is 3.08. The van der Waals surface area contributed by atoms with Crippen LogP contribution in [0.3, 0.4) is 0 Å². The molecular formula is C19H22N6O. The van der Waals surface area contributed by atoms with Gasteiger partial charge in [0.05, 0.1) is 24.1 Å². The third-order valence-corrected chi connectivity index (χ3v) is 4.05. The minimum absolute atomic E-state index is 0.252. The summed E-state index contributed by atoms with van der Waals surface area (Å²) in [7, 11) is 1.84. The molecule has 0 spiro atoms. The maximum atomic E-state index is 12.3. The van der Waals surface area contributed by atoms with Gasteiger partial charge < -0.3 is 0 Å². The van der Waals surface area contributed by atoms with Crippen molar-refractivity contribution >= 4 is 12.1 Å². The zero-order valence-corrected chi connectivity index (χ0v) is 15.4. The summed E-state index contributed by atoms with van der Waals surface area (Å²) in [5.74, 6) is -0.252. The van der Waals surface area contributed by atoms with Gasteiger partial charge in [-0.05, 0) is 44.5 Å². The molecule has 0 bridgehead atoms. The molecule has 134 valence electrons. The lowest BCUT2D eigenvalue weighted by Gasteiger charge is -2.06. The number of aromatic nitrogens is 4. The number of amides is 1. The molecule has 0 fully saturated rings. The molecule has 0 aliphatic rings. The van der Waals surface area contributed by atoms with Crippen molar-refractivity contribution in [2.75, 3.05) is 0 Å². The first-order valence-electron chi connectivity index (χ1n) is 8.36. The van der Waals surface area contributed by atoms with Gasteiger partial charge in [0.2, 0.25) is 0 Å². The molecule has 2 heterocycles. The Morgan fingerprint density at radius 2 is 2.04 bits per heavy atom. The van der Waals surface area contributed by atoms with E-state index in [2.05, 4.69) is 20.7 Å². The zero-order valence-electron chi connectivity index (χ0n) is 15.4. The van der Waals surface area contributed by atoms with Crippen LogP contribution in [0, 0.1) is 20.8 Å². The van der Waals surface area contributed by atoms with Crippen molar-refractivity contribution in [1.29, 1.82) is 0 Å². The second-order valence-corrected chi connectivity index (χ2v) is 6.33. The molecular weight excluding hydrogens is 328 g/mol. The van der Waals surface area contributed by atoms with E-state index in [-0.39, 0.29) is 5.91 Å². The van der Waals surface area contributed by atoms with Crippen molar-refractivity contribution in [2.45, 2.75) is 27.3 Å². The topological polar surface area (TPSA) is 77.1 Å². The van der Waals surface area contributed by atoms with Gasteiger partial charge in [0, 0.05) is 30.1 Å². The van der Waals surface area contributed by atoms with Gasteiger partial charge in [-0.3, -0.25) is 14.2 Å². The lowest BCUT2D eigenvalue weighted by molar-refractivity contribution is 0.0955. The molecule has 0 atom stereocenters. The van der Waals surface area contributed by atoms with Gasteiger partial charge in [0.25, 0.3) is 5.91 Å². The minimum atomic E-state index is -0.252. The maximum Gasteiger partial charge on any atom is 0.271 e. The van der Waals surface area contributed by atoms with Crippen LogP contribution in [0.4, 0.5) is 0 Å². The monoisotopic (exact) mass is 350 g/mol. The molecule has 1 amide bonds. The third kappa shape index (κ3) is 4.05. The maximum absolute atomic E-state index is 12.3. The van der Waals surface area contributed by atoms with E-state index in [1.165, 1.54) is 0 Å². The number of nitrogens with zero attached hydrogens (tertiary/aromatic N) is 5. The summed E-state index contributed by atoms with van der Waals surface area (Å²) in [4.78, 5) is 12.3. The van der Waals surface area contributed by atoms with E-state index in [1.54, 1.807) is 17.0 Å². The number of nitrogens with one attached hydrogen (secondary N) is 1. The first kappa shape index (κ1) is 17.6. The number of hydrogen-bond acceptors (Lipinski definition) is 4. The van der Waals surface area contributed by atoms with Gasteiger partial charge in [-0.2, -0.15) is 15.3 Å². The number of carbonyl (C=O) groups excluding carboxylic acids is 1. The smallest absolute Gasteiger partial charge is 0.271 e. The van der Waals surface area contributed by atoms with Gasteiger partial charge in [-0.1, -0.05) is 12.1 Å². The third-order valence-electron chi connectivity index (χ3n) is 4.05. The van der Waals surface area contributed by atoms with E-state index < -0.39 is 0 Å². The van der Waals surface area contributed by atoms with Gasteiger partial charge in [-0.15, -0.1) is 0 Å². The highest BCUT2D eigenvalue weighted by Gasteiger charge is 2.07. The fraction of sp³-hybridized carbons (Fsp3) is 0.263. The average molecular weight is 350 g/mol. The Labute approximate surface area is 152 Å². The normalized spacial score (nSPS) is 11.2. The van der Waals surface area contributed by atoms with Gasteiger partial charge in [0.15, 0.2) is 0 Å². The molecule has 0 aliphatic heterocycles. The number of benzene rings is 1.